The average molecular weight is 403 g/mol. The molecule has 2 fully saturated rings. The van der Waals surface area contributed by atoms with Crippen molar-refractivity contribution in [2.45, 2.75) is 76.3 Å². The number of thiocarbonyl (C=S) groups is 1. The minimum absolute atomic E-state index is 0.447. The van der Waals surface area contributed by atoms with E-state index >= 15 is 0 Å². The van der Waals surface area contributed by atoms with Crippen molar-refractivity contribution in [1.82, 2.24) is 20.6 Å². The van der Waals surface area contributed by atoms with Gasteiger partial charge in [0.15, 0.2) is 5.11 Å². The van der Waals surface area contributed by atoms with Crippen LogP contribution in [0.3, 0.4) is 0 Å². The molecule has 1 aromatic heterocycles. The summed E-state index contributed by atoms with van der Waals surface area (Å²) in [6.07, 6.45) is 11.9. The molecule has 154 valence electrons. The lowest BCUT2D eigenvalue weighted by atomic mass is 9.91. The lowest BCUT2D eigenvalue weighted by Gasteiger charge is -2.31. The zero-order valence-corrected chi connectivity index (χ0v) is 18.1. The van der Waals surface area contributed by atoms with E-state index in [2.05, 4.69) is 34.9 Å². The van der Waals surface area contributed by atoms with Gasteiger partial charge in [-0.3, -0.25) is 0 Å². The van der Waals surface area contributed by atoms with E-state index in [0.29, 0.717) is 12.1 Å². The number of aryl methyl sites for hydroxylation is 1. The number of anilines is 2. The van der Waals surface area contributed by atoms with Crippen molar-refractivity contribution in [3.05, 3.63) is 11.3 Å². The Labute approximate surface area is 174 Å². The Balaban J connectivity index is 1.29. The topological polar surface area (TPSA) is 65.1 Å². The summed E-state index contributed by atoms with van der Waals surface area (Å²) in [7, 11) is 4.16. The molecule has 0 saturated heterocycles. The summed E-state index contributed by atoms with van der Waals surface area (Å²) in [5.74, 6) is 2.75. The lowest BCUT2D eigenvalue weighted by molar-refractivity contribution is 0.385. The number of aromatic nitrogens is 2. The Hall–Kier alpha value is -1.63. The van der Waals surface area contributed by atoms with E-state index in [1.54, 1.807) is 0 Å². The second-order valence-corrected chi connectivity index (χ2v) is 9.30. The quantitative estimate of drug-likeness (QED) is 0.632. The van der Waals surface area contributed by atoms with Crippen LogP contribution in [0.2, 0.25) is 0 Å². The molecule has 0 atom stereocenters. The Morgan fingerprint density at radius 2 is 1.71 bits per heavy atom. The molecule has 6 nitrogen and oxygen atoms in total. The predicted octanol–water partition coefficient (Wildman–Crippen LogP) is 3.02. The highest BCUT2D eigenvalue weighted by molar-refractivity contribution is 7.80. The summed E-state index contributed by atoms with van der Waals surface area (Å²) in [5.41, 5.74) is 2.59. The van der Waals surface area contributed by atoms with Gasteiger partial charge in [0, 0.05) is 38.3 Å². The Morgan fingerprint density at radius 3 is 2.43 bits per heavy atom. The molecule has 0 amide bonds. The van der Waals surface area contributed by atoms with Crippen molar-refractivity contribution >= 4 is 29.1 Å². The minimum atomic E-state index is 0.447. The van der Waals surface area contributed by atoms with E-state index in [4.69, 9.17) is 22.2 Å². The number of rotatable bonds is 6. The van der Waals surface area contributed by atoms with Gasteiger partial charge in [-0.1, -0.05) is 0 Å². The van der Waals surface area contributed by atoms with Crippen molar-refractivity contribution in [1.29, 1.82) is 0 Å². The predicted molar refractivity (Wildman–Crippen MR) is 119 cm³/mol. The first-order chi connectivity index (χ1) is 13.6. The lowest BCUT2D eigenvalue weighted by Crippen LogP contribution is -2.45. The first kappa shape index (κ1) is 19.7. The van der Waals surface area contributed by atoms with Gasteiger partial charge in [0.05, 0.1) is 5.69 Å². The number of hydrogen-bond donors (Lipinski definition) is 3. The molecule has 0 radical (unpaired) electrons. The normalized spacial score (nSPS) is 24.2. The first-order valence-corrected chi connectivity index (χ1v) is 11.4. The standard InChI is InChI=1S/C21H34N6S/c1-27(2)19-17-5-3-4-6-18(17)25-20(26-19)23-15-9-11-16(12-10-15)24-21(28)22-13-14-7-8-14/h14-16H,3-13H2,1-2H3,(H2,22,24,28)(H,23,25,26). The molecule has 0 bridgehead atoms. The molecule has 3 aliphatic carbocycles. The van der Waals surface area contributed by atoms with Gasteiger partial charge in [0.1, 0.15) is 5.82 Å². The number of hydrogen-bond acceptors (Lipinski definition) is 5. The van der Waals surface area contributed by atoms with Crippen molar-refractivity contribution in [3.8, 4) is 0 Å². The van der Waals surface area contributed by atoms with E-state index in [9.17, 15) is 0 Å². The molecule has 3 aliphatic rings. The van der Waals surface area contributed by atoms with Crippen molar-refractivity contribution in [2.24, 2.45) is 5.92 Å². The molecule has 3 N–H and O–H groups in total. The maximum atomic E-state index is 5.45. The average Bonchev–Trinajstić information content (AvgIpc) is 3.52. The molecule has 0 spiro atoms. The maximum absolute atomic E-state index is 5.45. The molecule has 0 unspecified atom stereocenters. The highest BCUT2D eigenvalue weighted by atomic mass is 32.1. The van der Waals surface area contributed by atoms with E-state index in [-0.39, 0.29) is 0 Å². The van der Waals surface area contributed by atoms with Crippen molar-refractivity contribution in [2.75, 3.05) is 30.9 Å². The van der Waals surface area contributed by atoms with E-state index in [1.807, 2.05) is 0 Å². The highest BCUT2D eigenvalue weighted by Crippen LogP contribution is 2.29. The monoisotopic (exact) mass is 402 g/mol. The Morgan fingerprint density at radius 1 is 1.00 bits per heavy atom. The minimum Gasteiger partial charge on any atom is -0.362 e. The van der Waals surface area contributed by atoms with Crippen LogP contribution in [0, 0.1) is 5.92 Å². The van der Waals surface area contributed by atoms with Crippen molar-refractivity contribution in [3.63, 3.8) is 0 Å². The molecule has 4 rings (SSSR count). The third-order valence-electron chi connectivity index (χ3n) is 6.23. The van der Waals surface area contributed by atoms with Crippen LogP contribution in [0.25, 0.3) is 0 Å². The summed E-state index contributed by atoms with van der Waals surface area (Å²) in [5, 5.41) is 11.3. The maximum Gasteiger partial charge on any atom is 0.225 e. The van der Waals surface area contributed by atoms with Crippen LogP contribution in [0.15, 0.2) is 0 Å². The van der Waals surface area contributed by atoms with Crippen LogP contribution >= 0.6 is 12.2 Å². The highest BCUT2D eigenvalue weighted by Gasteiger charge is 2.25. The number of nitrogens with zero attached hydrogens (tertiary/aromatic N) is 3. The van der Waals surface area contributed by atoms with Crippen LogP contribution in [0.1, 0.15) is 62.6 Å². The van der Waals surface area contributed by atoms with Crippen LogP contribution in [0.5, 0.6) is 0 Å². The summed E-state index contributed by atoms with van der Waals surface area (Å²) >= 11 is 5.45. The molecular weight excluding hydrogens is 368 g/mol. The summed E-state index contributed by atoms with van der Waals surface area (Å²) in [6.45, 7) is 1.03. The van der Waals surface area contributed by atoms with E-state index in [0.717, 1.165) is 67.9 Å². The van der Waals surface area contributed by atoms with Gasteiger partial charge in [0.25, 0.3) is 0 Å². The summed E-state index contributed by atoms with van der Waals surface area (Å²) in [6, 6.07) is 0.932. The van der Waals surface area contributed by atoms with Gasteiger partial charge < -0.3 is 20.9 Å². The molecule has 28 heavy (non-hydrogen) atoms. The number of fused-ring (bicyclic) bond motifs is 1. The van der Waals surface area contributed by atoms with Crippen LogP contribution in [-0.4, -0.2) is 47.8 Å². The van der Waals surface area contributed by atoms with E-state index < -0.39 is 0 Å². The van der Waals surface area contributed by atoms with Gasteiger partial charge in [-0.25, -0.2) is 4.98 Å². The molecular formula is C21H34N6S. The Kier molecular flexibility index (Phi) is 6.19. The SMILES string of the molecule is CN(C)c1nc(NC2CCC(NC(=S)NCC3CC3)CC2)nc2c1CCCC2. The second-order valence-electron chi connectivity index (χ2n) is 8.89. The zero-order chi connectivity index (χ0) is 19.5. The molecule has 1 heterocycles. The first-order valence-electron chi connectivity index (χ1n) is 11.0. The van der Waals surface area contributed by atoms with Crippen LogP contribution in [0.4, 0.5) is 11.8 Å². The van der Waals surface area contributed by atoms with Gasteiger partial charge >= 0.3 is 0 Å². The van der Waals surface area contributed by atoms with Crippen LogP contribution < -0.4 is 20.9 Å². The fraction of sp³-hybridized carbons (Fsp3) is 0.762. The second kappa shape index (κ2) is 8.80. The van der Waals surface area contributed by atoms with Gasteiger partial charge in [-0.2, -0.15) is 4.98 Å². The van der Waals surface area contributed by atoms with Crippen LogP contribution in [-0.2, 0) is 12.8 Å². The fourth-order valence-corrected chi connectivity index (χ4v) is 4.62. The summed E-state index contributed by atoms with van der Waals surface area (Å²) in [4.78, 5) is 11.9. The van der Waals surface area contributed by atoms with Crippen molar-refractivity contribution < 1.29 is 0 Å². The smallest absolute Gasteiger partial charge is 0.225 e. The Bertz CT molecular complexity index is 694. The van der Waals surface area contributed by atoms with Gasteiger partial charge in [-0.15, -0.1) is 0 Å². The van der Waals surface area contributed by atoms with E-state index in [1.165, 1.54) is 36.9 Å². The van der Waals surface area contributed by atoms with Gasteiger partial charge in [-0.05, 0) is 82.3 Å². The zero-order valence-electron chi connectivity index (χ0n) is 17.3. The molecule has 7 heteroatoms. The largest absolute Gasteiger partial charge is 0.362 e. The summed E-state index contributed by atoms with van der Waals surface area (Å²) < 4.78 is 0. The number of nitrogens with one attached hydrogen (secondary N) is 3. The molecule has 2 saturated carbocycles. The molecule has 0 aromatic carbocycles. The third-order valence-corrected chi connectivity index (χ3v) is 6.49. The molecule has 0 aliphatic heterocycles. The third kappa shape index (κ3) is 5.04. The molecule has 1 aromatic rings. The fourth-order valence-electron chi connectivity index (χ4n) is 4.37. The van der Waals surface area contributed by atoms with Gasteiger partial charge in [0.2, 0.25) is 5.95 Å².